The molecule has 0 saturated heterocycles. The summed E-state index contributed by atoms with van der Waals surface area (Å²) in [5, 5.41) is 6.09. The van der Waals surface area contributed by atoms with Crippen molar-refractivity contribution in [3.05, 3.63) is 57.5 Å². The molecule has 0 aliphatic carbocycles. The Labute approximate surface area is 153 Å². The van der Waals surface area contributed by atoms with Gasteiger partial charge in [0.25, 0.3) is 5.91 Å². The molecule has 0 fully saturated rings. The van der Waals surface area contributed by atoms with Gasteiger partial charge in [-0.1, -0.05) is 39.7 Å². The van der Waals surface area contributed by atoms with Crippen LogP contribution < -0.4 is 15.4 Å². The maximum Gasteiger partial charge on any atom is 0.264 e. The SMILES string of the molecule is Cc1cc(Br)ccc1OCC(=O)NC(=S)Nc1ccccc1Cl. The number of rotatable bonds is 4. The lowest BCUT2D eigenvalue weighted by atomic mass is 10.2. The zero-order valence-corrected chi connectivity index (χ0v) is 15.4. The van der Waals surface area contributed by atoms with E-state index in [4.69, 9.17) is 28.6 Å². The van der Waals surface area contributed by atoms with Gasteiger partial charge in [0.15, 0.2) is 11.7 Å². The number of anilines is 1. The van der Waals surface area contributed by atoms with Crippen LogP contribution in [0.5, 0.6) is 5.75 Å². The van der Waals surface area contributed by atoms with Gasteiger partial charge in [0.1, 0.15) is 5.75 Å². The highest BCUT2D eigenvalue weighted by Gasteiger charge is 2.08. The van der Waals surface area contributed by atoms with E-state index in [1.807, 2.05) is 31.2 Å². The summed E-state index contributed by atoms with van der Waals surface area (Å²) in [6, 6.07) is 12.7. The monoisotopic (exact) mass is 412 g/mol. The molecule has 1 amide bonds. The fourth-order valence-electron chi connectivity index (χ4n) is 1.80. The highest BCUT2D eigenvalue weighted by atomic mass is 79.9. The fourth-order valence-corrected chi connectivity index (χ4v) is 2.68. The van der Waals surface area contributed by atoms with E-state index >= 15 is 0 Å². The van der Waals surface area contributed by atoms with Crippen LogP contribution in [0.2, 0.25) is 5.02 Å². The average molecular weight is 414 g/mol. The second-order valence-electron chi connectivity index (χ2n) is 4.68. The Morgan fingerprint density at radius 2 is 2.04 bits per heavy atom. The Morgan fingerprint density at radius 3 is 2.74 bits per heavy atom. The first-order valence-electron chi connectivity index (χ1n) is 6.70. The number of hydrogen-bond acceptors (Lipinski definition) is 3. The summed E-state index contributed by atoms with van der Waals surface area (Å²) in [4.78, 5) is 11.9. The highest BCUT2D eigenvalue weighted by molar-refractivity contribution is 9.10. The normalized spacial score (nSPS) is 10.0. The van der Waals surface area contributed by atoms with Gasteiger partial charge in [-0.2, -0.15) is 0 Å². The van der Waals surface area contributed by atoms with Gasteiger partial charge >= 0.3 is 0 Å². The first-order chi connectivity index (χ1) is 11.0. The number of amides is 1. The molecular weight excluding hydrogens is 400 g/mol. The minimum atomic E-state index is -0.350. The number of nitrogens with one attached hydrogen (secondary N) is 2. The smallest absolute Gasteiger partial charge is 0.264 e. The summed E-state index contributed by atoms with van der Waals surface area (Å²) in [5.41, 5.74) is 1.56. The van der Waals surface area contributed by atoms with E-state index < -0.39 is 0 Å². The Kier molecular flexibility index (Phi) is 6.38. The summed E-state index contributed by atoms with van der Waals surface area (Å²) >= 11 is 14.5. The molecule has 0 aromatic heterocycles. The molecule has 23 heavy (non-hydrogen) atoms. The van der Waals surface area contributed by atoms with Crippen LogP contribution in [0.4, 0.5) is 5.69 Å². The Hall–Kier alpha value is -1.63. The van der Waals surface area contributed by atoms with E-state index in [0.29, 0.717) is 16.5 Å². The Balaban J connectivity index is 1.85. The van der Waals surface area contributed by atoms with E-state index in [1.54, 1.807) is 18.2 Å². The van der Waals surface area contributed by atoms with Gasteiger partial charge in [0.05, 0.1) is 10.7 Å². The minimum absolute atomic E-state index is 0.132. The fraction of sp³-hybridized carbons (Fsp3) is 0.125. The topological polar surface area (TPSA) is 50.4 Å². The van der Waals surface area contributed by atoms with Crippen LogP contribution in [-0.2, 0) is 4.79 Å². The minimum Gasteiger partial charge on any atom is -0.483 e. The molecule has 2 rings (SSSR count). The van der Waals surface area contributed by atoms with Gasteiger partial charge in [-0.05, 0) is 55.0 Å². The molecule has 0 radical (unpaired) electrons. The summed E-state index contributed by atoms with van der Waals surface area (Å²) in [7, 11) is 0. The van der Waals surface area contributed by atoms with Crippen LogP contribution >= 0.6 is 39.7 Å². The van der Waals surface area contributed by atoms with Crippen LogP contribution in [0, 0.1) is 6.92 Å². The van der Waals surface area contributed by atoms with Crippen molar-refractivity contribution in [1.82, 2.24) is 5.32 Å². The highest BCUT2D eigenvalue weighted by Crippen LogP contribution is 2.22. The molecule has 0 saturated carbocycles. The summed E-state index contributed by atoms with van der Waals surface area (Å²) in [6.07, 6.45) is 0. The van der Waals surface area contributed by atoms with Gasteiger partial charge in [-0.15, -0.1) is 0 Å². The van der Waals surface area contributed by atoms with Crippen LogP contribution in [0.25, 0.3) is 0 Å². The molecule has 0 heterocycles. The molecule has 0 unspecified atom stereocenters. The lowest BCUT2D eigenvalue weighted by Crippen LogP contribution is -2.37. The third-order valence-electron chi connectivity index (χ3n) is 2.87. The lowest BCUT2D eigenvalue weighted by Gasteiger charge is -2.12. The number of ether oxygens (including phenoxy) is 1. The molecule has 0 aliphatic rings. The predicted molar refractivity (Wildman–Crippen MR) is 100 cm³/mol. The van der Waals surface area contributed by atoms with E-state index in [2.05, 4.69) is 26.6 Å². The van der Waals surface area contributed by atoms with Gasteiger partial charge in [0, 0.05) is 4.47 Å². The van der Waals surface area contributed by atoms with Crippen molar-refractivity contribution in [2.75, 3.05) is 11.9 Å². The quantitative estimate of drug-likeness (QED) is 0.734. The zero-order valence-electron chi connectivity index (χ0n) is 12.2. The predicted octanol–water partition coefficient (Wildman–Crippen LogP) is 4.30. The number of carbonyl (C=O) groups excluding carboxylic acids is 1. The second kappa shape index (κ2) is 8.29. The van der Waals surface area contributed by atoms with Crippen molar-refractivity contribution < 1.29 is 9.53 Å². The number of thiocarbonyl (C=S) groups is 1. The molecule has 0 bridgehead atoms. The van der Waals surface area contributed by atoms with E-state index in [1.165, 1.54) is 0 Å². The molecule has 120 valence electrons. The van der Waals surface area contributed by atoms with Crippen molar-refractivity contribution in [1.29, 1.82) is 0 Å². The Bertz CT molecular complexity index is 740. The van der Waals surface area contributed by atoms with E-state index in [-0.39, 0.29) is 17.6 Å². The van der Waals surface area contributed by atoms with Gasteiger partial charge in [0.2, 0.25) is 0 Å². The molecule has 2 aromatic carbocycles. The van der Waals surface area contributed by atoms with Crippen LogP contribution in [0.1, 0.15) is 5.56 Å². The first-order valence-corrected chi connectivity index (χ1v) is 8.28. The van der Waals surface area contributed by atoms with Crippen molar-refractivity contribution in [2.45, 2.75) is 6.92 Å². The number of carbonyl (C=O) groups is 1. The maximum absolute atomic E-state index is 11.9. The number of para-hydroxylation sites is 1. The van der Waals surface area contributed by atoms with Crippen LogP contribution in [0.3, 0.4) is 0 Å². The average Bonchev–Trinajstić information content (AvgIpc) is 2.48. The summed E-state index contributed by atoms with van der Waals surface area (Å²) < 4.78 is 6.44. The molecule has 2 N–H and O–H groups in total. The van der Waals surface area contributed by atoms with Crippen molar-refractivity contribution in [3.8, 4) is 5.75 Å². The van der Waals surface area contributed by atoms with Crippen LogP contribution in [-0.4, -0.2) is 17.6 Å². The van der Waals surface area contributed by atoms with Crippen molar-refractivity contribution in [3.63, 3.8) is 0 Å². The third kappa shape index (κ3) is 5.49. The molecule has 0 spiro atoms. The molecule has 0 aliphatic heterocycles. The largest absolute Gasteiger partial charge is 0.483 e. The number of aryl methyl sites for hydroxylation is 1. The molecular formula is C16H14BrClN2O2S. The zero-order chi connectivity index (χ0) is 16.8. The van der Waals surface area contributed by atoms with Crippen LogP contribution in [0.15, 0.2) is 46.9 Å². The standard InChI is InChI=1S/C16H14BrClN2O2S/c1-10-8-11(17)6-7-14(10)22-9-15(21)20-16(23)19-13-5-3-2-4-12(13)18/h2-8H,9H2,1H3,(H2,19,20,21,23). The van der Waals surface area contributed by atoms with E-state index in [0.717, 1.165) is 10.0 Å². The molecule has 0 atom stereocenters. The number of benzene rings is 2. The third-order valence-corrected chi connectivity index (χ3v) is 3.90. The van der Waals surface area contributed by atoms with E-state index in [9.17, 15) is 4.79 Å². The summed E-state index contributed by atoms with van der Waals surface area (Å²) in [6.45, 7) is 1.77. The second-order valence-corrected chi connectivity index (χ2v) is 6.41. The van der Waals surface area contributed by atoms with Crippen molar-refractivity contribution >= 4 is 56.5 Å². The van der Waals surface area contributed by atoms with Gasteiger partial charge in [-0.25, -0.2) is 0 Å². The summed E-state index contributed by atoms with van der Waals surface area (Å²) in [5.74, 6) is 0.296. The Morgan fingerprint density at radius 1 is 1.30 bits per heavy atom. The molecule has 4 nitrogen and oxygen atoms in total. The van der Waals surface area contributed by atoms with Crippen molar-refractivity contribution in [2.24, 2.45) is 0 Å². The number of hydrogen-bond donors (Lipinski definition) is 2. The molecule has 7 heteroatoms. The molecule has 2 aromatic rings. The first kappa shape index (κ1) is 17.7. The lowest BCUT2D eigenvalue weighted by molar-refractivity contribution is -0.121. The van der Waals surface area contributed by atoms with Gasteiger partial charge in [-0.3, -0.25) is 10.1 Å². The van der Waals surface area contributed by atoms with Gasteiger partial charge < -0.3 is 10.1 Å². The maximum atomic E-state index is 11.9. The number of halogens is 2.